The highest BCUT2D eigenvalue weighted by atomic mass is 28.3. The van der Waals surface area contributed by atoms with Crippen LogP contribution >= 0.6 is 0 Å². The zero-order valence-corrected chi connectivity index (χ0v) is 18.7. The fourth-order valence-corrected chi connectivity index (χ4v) is 9.59. The number of hydrogen-bond acceptors (Lipinski definition) is 2. The summed E-state index contributed by atoms with van der Waals surface area (Å²) in [5.41, 5.74) is 7.68. The predicted octanol–water partition coefficient (Wildman–Crippen LogP) is 6.56. The van der Waals surface area contributed by atoms with Gasteiger partial charge in [0.15, 0.2) is 5.82 Å². The molecule has 0 saturated carbocycles. The third kappa shape index (κ3) is 4.84. The van der Waals surface area contributed by atoms with Crippen molar-refractivity contribution < 1.29 is 8.78 Å². The zero-order chi connectivity index (χ0) is 20.4. The van der Waals surface area contributed by atoms with Crippen molar-refractivity contribution in [1.29, 1.82) is 0 Å². The Labute approximate surface area is 163 Å². The van der Waals surface area contributed by atoms with E-state index in [1.807, 2.05) is 13.0 Å². The highest BCUT2D eigenvalue weighted by molar-refractivity contribution is 6.90. The van der Waals surface area contributed by atoms with E-state index in [-0.39, 0.29) is 12.8 Å². The van der Waals surface area contributed by atoms with E-state index in [0.717, 1.165) is 11.3 Å². The van der Waals surface area contributed by atoms with Crippen LogP contribution in [0.1, 0.15) is 78.0 Å². The normalized spacial score (nSPS) is 17.1. The quantitative estimate of drug-likeness (QED) is 0.430. The van der Waals surface area contributed by atoms with Crippen molar-refractivity contribution >= 4 is 13.6 Å². The van der Waals surface area contributed by atoms with Gasteiger partial charge >= 0.3 is 0 Å². The first-order valence-corrected chi connectivity index (χ1v) is 12.2. The van der Waals surface area contributed by atoms with Crippen molar-refractivity contribution in [2.24, 2.45) is 0 Å². The van der Waals surface area contributed by atoms with Crippen molar-refractivity contribution in [3.8, 4) is 11.5 Å². The van der Waals surface area contributed by atoms with Gasteiger partial charge < -0.3 is 0 Å². The average Bonchev–Trinajstić information content (AvgIpc) is 2.53. The van der Waals surface area contributed by atoms with Gasteiger partial charge in [-0.2, -0.15) is 0 Å². The molecule has 27 heavy (non-hydrogen) atoms. The first-order chi connectivity index (χ1) is 12.5. The molecule has 0 spiro atoms. The smallest absolute Gasteiger partial charge is 0.234 e. The maximum atomic E-state index is 13.4. The number of aryl methyl sites for hydroxylation is 1. The molecule has 0 aliphatic heterocycles. The Morgan fingerprint density at radius 2 is 1.63 bits per heavy atom. The van der Waals surface area contributed by atoms with E-state index in [1.54, 1.807) is 6.08 Å². The van der Waals surface area contributed by atoms with Crippen LogP contribution in [0.3, 0.4) is 0 Å². The first kappa shape index (κ1) is 21.8. The summed E-state index contributed by atoms with van der Waals surface area (Å²) in [5, 5.41) is 0. The molecule has 0 atom stereocenters. The highest BCUT2D eigenvalue weighted by Crippen LogP contribution is 2.41. The zero-order valence-electron chi connectivity index (χ0n) is 17.7. The number of rotatable bonds is 4. The van der Waals surface area contributed by atoms with Gasteiger partial charge in [-0.1, -0.05) is 53.5 Å². The lowest BCUT2D eigenvalue weighted by Gasteiger charge is -2.38. The van der Waals surface area contributed by atoms with Gasteiger partial charge in [0.1, 0.15) is 13.8 Å². The predicted molar refractivity (Wildman–Crippen MR) is 111 cm³/mol. The summed E-state index contributed by atoms with van der Waals surface area (Å²) in [6.07, 6.45) is 1.53. The molecule has 0 bridgehead atoms. The first-order valence-electron chi connectivity index (χ1n) is 9.94. The van der Waals surface area contributed by atoms with Crippen molar-refractivity contribution in [2.45, 2.75) is 90.3 Å². The molecule has 1 aliphatic rings. The Morgan fingerprint density at radius 3 is 2.11 bits per heavy atom. The second-order valence-electron chi connectivity index (χ2n) is 8.65. The molecule has 1 aromatic heterocycles. The van der Waals surface area contributed by atoms with Crippen molar-refractivity contribution in [1.82, 2.24) is 9.97 Å². The van der Waals surface area contributed by atoms with Crippen LogP contribution in [0.5, 0.6) is 0 Å². The summed E-state index contributed by atoms with van der Waals surface area (Å²) in [5.74, 6) is 1.30. The van der Waals surface area contributed by atoms with Gasteiger partial charge in [-0.05, 0) is 41.6 Å². The molecular formula is C22H32F2N2Si. The Kier molecular flexibility index (Phi) is 6.62. The lowest BCUT2D eigenvalue weighted by molar-refractivity contribution is -0.00608. The van der Waals surface area contributed by atoms with Gasteiger partial charge in [0, 0.05) is 18.5 Å². The van der Waals surface area contributed by atoms with Crippen molar-refractivity contribution in [3.05, 3.63) is 29.4 Å². The minimum Gasteiger partial charge on any atom is -0.234 e. The molecule has 2 nitrogen and oxygen atoms in total. The second kappa shape index (κ2) is 8.22. The summed E-state index contributed by atoms with van der Waals surface area (Å²) >= 11 is 0. The number of aromatic nitrogens is 2. The van der Waals surface area contributed by atoms with Crippen LogP contribution in [-0.4, -0.2) is 24.0 Å². The Bertz CT molecular complexity index is 748. The molecule has 0 radical (unpaired) electrons. The average molecular weight is 391 g/mol. The number of halogens is 2. The fourth-order valence-electron chi connectivity index (χ4n) is 4.38. The topological polar surface area (TPSA) is 25.8 Å². The van der Waals surface area contributed by atoms with E-state index in [9.17, 15) is 8.78 Å². The van der Waals surface area contributed by atoms with E-state index in [4.69, 9.17) is 0 Å². The molecule has 2 rings (SSSR count). The molecule has 1 heterocycles. The molecule has 0 fully saturated rings. The summed E-state index contributed by atoms with van der Waals surface area (Å²) in [6, 6.07) is 1.90. The van der Waals surface area contributed by atoms with E-state index in [2.05, 4.69) is 63.0 Å². The summed E-state index contributed by atoms with van der Waals surface area (Å²) in [7, 11) is -1.84. The van der Waals surface area contributed by atoms with Crippen LogP contribution in [0.2, 0.25) is 16.6 Å². The maximum absolute atomic E-state index is 13.4. The van der Waals surface area contributed by atoms with Gasteiger partial charge in [0.25, 0.3) is 5.92 Å². The van der Waals surface area contributed by atoms with Gasteiger partial charge in [0.05, 0.1) is 0 Å². The molecule has 0 saturated heterocycles. The molecule has 1 aromatic rings. The maximum Gasteiger partial charge on any atom is 0.251 e. The molecule has 0 N–H and O–H groups in total. The number of allylic oxidation sites excluding steroid dienone is 2. The number of nitrogens with zero attached hydrogens (tertiary/aromatic N) is 2. The van der Waals surface area contributed by atoms with Crippen molar-refractivity contribution in [3.63, 3.8) is 0 Å². The molecule has 0 unspecified atom stereocenters. The molecule has 1 aliphatic carbocycles. The standard InChI is InChI=1S/C22H32F2N2Si/c1-15(2)27(16(3)4,17(5)6)13-10-20-14-18(7)25-21(26-20)19-8-11-22(23,24)12-9-19/h8,14-17H,9,11-12H2,1-7H3. The summed E-state index contributed by atoms with van der Waals surface area (Å²) in [4.78, 5) is 9.08. The van der Waals surface area contributed by atoms with Crippen LogP contribution < -0.4 is 0 Å². The monoisotopic (exact) mass is 390 g/mol. The Morgan fingerprint density at radius 1 is 1.04 bits per heavy atom. The third-order valence-corrected chi connectivity index (χ3v) is 12.1. The van der Waals surface area contributed by atoms with E-state index in [1.165, 1.54) is 0 Å². The number of alkyl halides is 2. The molecule has 5 heteroatoms. The van der Waals surface area contributed by atoms with Gasteiger partial charge in [0.2, 0.25) is 0 Å². The largest absolute Gasteiger partial charge is 0.251 e. The van der Waals surface area contributed by atoms with E-state index < -0.39 is 14.0 Å². The van der Waals surface area contributed by atoms with E-state index >= 15 is 0 Å². The Balaban J connectivity index is 2.43. The van der Waals surface area contributed by atoms with Crippen LogP contribution in [0.15, 0.2) is 12.1 Å². The molecule has 0 amide bonds. The minimum absolute atomic E-state index is 0.138. The van der Waals surface area contributed by atoms with Gasteiger partial charge in [-0.3, -0.25) is 0 Å². The van der Waals surface area contributed by atoms with Crippen LogP contribution in [-0.2, 0) is 0 Å². The summed E-state index contributed by atoms with van der Waals surface area (Å²) in [6.45, 7) is 15.6. The van der Waals surface area contributed by atoms with Crippen LogP contribution in [0.25, 0.3) is 5.57 Å². The third-order valence-electron chi connectivity index (χ3n) is 5.82. The highest BCUT2D eigenvalue weighted by Gasteiger charge is 2.41. The van der Waals surface area contributed by atoms with Crippen molar-refractivity contribution in [2.75, 3.05) is 0 Å². The van der Waals surface area contributed by atoms with Crippen LogP contribution in [0.4, 0.5) is 8.78 Å². The lowest BCUT2D eigenvalue weighted by atomic mass is 9.96. The number of hydrogen-bond donors (Lipinski definition) is 0. The van der Waals surface area contributed by atoms with Gasteiger partial charge in [-0.15, -0.1) is 5.54 Å². The van der Waals surface area contributed by atoms with E-state index in [0.29, 0.717) is 34.6 Å². The fraction of sp³-hybridized carbons (Fsp3) is 0.636. The lowest BCUT2D eigenvalue weighted by Crippen LogP contribution is -2.43. The van der Waals surface area contributed by atoms with Crippen LogP contribution in [0, 0.1) is 18.4 Å². The molecule has 148 valence electrons. The minimum atomic E-state index is -2.60. The molecule has 0 aromatic carbocycles. The Hall–Kier alpha value is -1.54. The summed E-state index contributed by atoms with van der Waals surface area (Å²) < 4.78 is 26.9. The second-order valence-corrected chi connectivity index (χ2v) is 14.2. The van der Waals surface area contributed by atoms with Gasteiger partial charge in [-0.25, -0.2) is 18.7 Å². The molecular weight excluding hydrogens is 358 g/mol. The SMILES string of the molecule is Cc1cc(C#C[Si](C(C)C)(C(C)C)C(C)C)nc(C2=CCC(F)(F)CC2)n1.